The fourth-order valence-electron chi connectivity index (χ4n) is 1.23. The summed E-state index contributed by atoms with van der Waals surface area (Å²) in [6, 6.07) is 3.83. The number of nitro groups is 1. The van der Waals surface area contributed by atoms with E-state index in [2.05, 4.69) is 5.32 Å². The summed E-state index contributed by atoms with van der Waals surface area (Å²) in [6.07, 6.45) is 0. The summed E-state index contributed by atoms with van der Waals surface area (Å²) < 4.78 is 5.17. The summed E-state index contributed by atoms with van der Waals surface area (Å²) in [5.41, 5.74) is -0.126. The highest BCUT2D eigenvalue weighted by Gasteiger charge is 2.11. The van der Waals surface area contributed by atoms with Crippen LogP contribution in [0.3, 0.4) is 0 Å². The molecule has 0 fully saturated rings. The van der Waals surface area contributed by atoms with Crippen LogP contribution in [-0.4, -0.2) is 23.5 Å². The second-order valence-corrected chi connectivity index (χ2v) is 4.29. The number of hydrogen-bond donors (Lipinski definition) is 1. The molecule has 1 rings (SSSR count). The molecule has 98 valence electrons. The van der Waals surface area contributed by atoms with E-state index in [1.807, 2.05) is 13.8 Å². The minimum atomic E-state index is -0.554. The van der Waals surface area contributed by atoms with Crippen molar-refractivity contribution < 1.29 is 14.5 Å². The summed E-state index contributed by atoms with van der Waals surface area (Å²) >= 11 is 5.80. The SMILES string of the molecule is CC(C)NC(=O)COc1ccc([N+](=O)[O-])cc1Cl. The van der Waals surface area contributed by atoms with Crippen molar-refractivity contribution in [1.82, 2.24) is 5.32 Å². The largest absolute Gasteiger partial charge is 0.482 e. The lowest BCUT2D eigenvalue weighted by Gasteiger charge is -2.10. The van der Waals surface area contributed by atoms with Gasteiger partial charge in [-0.1, -0.05) is 11.6 Å². The van der Waals surface area contributed by atoms with E-state index in [0.29, 0.717) is 0 Å². The standard InChI is InChI=1S/C11H13ClN2O4/c1-7(2)13-11(15)6-18-10-4-3-8(14(16)17)5-9(10)12/h3-5,7H,6H2,1-2H3,(H,13,15). The van der Waals surface area contributed by atoms with Crippen molar-refractivity contribution >= 4 is 23.2 Å². The number of non-ortho nitro benzene ring substituents is 1. The highest BCUT2D eigenvalue weighted by atomic mass is 35.5. The first-order valence-electron chi connectivity index (χ1n) is 5.26. The Morgan fingerprint density at radius 1 is 1.56 bits per heavy atom. The van der Waals surface area contributed by atoms with Crippen LogP contribution in [0.2, 0.25) is 5.02 Å². The van der Waals surface area contributed by atoms with Crippen LogP contribution < -0.4 is 10.1 Å². The van der Waals surface area contributed by atoms with Gasteiger partial charge in [0.25, 0.3) is 11.6 Å². The Morgan fingerprint density at radius 3 is 2.72 bits per heavy atom. The van der Waals surface area contributed by atoms with Gasteiger partial charge < -0.3 is 10.1 Å². The molecule has 0 radical (unpaired) electrons. The zero-order chi connectivity index (χ0) is 13.7. The summed E-state index contributed by atoms with van der Waals surface area (Å²) in [5, 5.41) is 13.2. The van der Waals surface area contributed by atoms with Gasteiger partial charge in [-0.05, 0) is 19.9 Å². The smallest absolute Gasteiger partial charge is 0.271 e. The van der Waals surface area contributed by atoms with E-state index in [0.717, 1.165) is 0 Å². The normalized spacial score (nSPS) is 10.2. The minimum absolute atomic E-state index is 0.0217. The molecule has 0 unspecified atom stereocenters. The van der Waals surface area contributed by atoms with E-state index in [9.17, 15) is 14.9 Å². The lowest BCUT2D eigenvalue weighted by Crippen LogP contribution is -2.34. The van der Waals surface area contributed by atoms with Gasteiger partial charge in [-0.15, -0.1) is 0 Å². The Bertz CT molecular complexity index is 462. The maximum Gasteiger partial charge on any atom is 0.271 e. The van der Waals surface area contributed by atoms with Crippen LogP contribution in [0, 0.1) is 10.1 Å². The van der Waals surface area contributed by atoms with Gasteiger partial charge in [0.05, 0.1) is 9.95 Å². The first-order chi connectivity index (χ1) is 8.40. The Labute approximate surface area is 109 Å². The molecular formula is C11H13ClN2O4. The third-order valence-corrected chi connectivity index (χ3v) is 2.23. The number of nitro benzene ring substituents is 1. The van der Waals surface area contributed by atoms with E-state index in [-0.39, 0.29) is 35.0 Å². The molecule has 0 heterocycles. The van der Waals surface area contributed by atoms with Gasteiger partial charge in [0.2, 0.25) is 0 Å². The molecule has 18 heavy (non-hydrogen) atoms. The summed E-state index contributed by atoms with van der Waals surface area (Å²) in [7, 11) is 0. The molecule has 1 aromatic carbocycles. The van der Waals surface area contributed by atoms with E-state index in [4.69, 9.17) is 16.3 Å². The van der Waals surface area contributed by atoms with E-state index >= 15 is 0 Å². The number of carbonyl (C=O) groups excluding carboxylic acids is 1. The van der Waals surface area contributed by atoms with E-state index in [1.54, 1.807) is 0 Å². The molecule has 1 amide bonds. The summed E-state index contributed by atoms with van der Waals surface area (Å²) in [6.45, 7) is 3.48. The fraction of sp³-hybridized carbons (Fsp3) is 0.364. The number of nitrogens with zero attached hydrogens (tertiary/aromatic N) is 1. The average molecular weight is 273 g/mol. The lowest BCUT2D eigenvalue weighted by atomic mass is 10.3. The van der Waals surface area contributed by atoms with Gasteiger partial charge in [-0.2, -0.15) is 0 Å². The van der Waals surface area contributed by atoms with Crippen LogP contribution in [0.5, 0.6) is 5.75 Å². The van der Waals surface area contributed by atoms with Crippen molar-refractivity contribution in [1.29, 1.82) is 0 Å². The molecule has 0 atom stereocenters. The highest BCUT2D eigenvalue weighted by Crippen LogP contribution is 2.28. The van der Waals surface area contributed by atoms with E-state index < -0.39 is 4.92 Å². The third-order valence-electron chi connectivity index (χ3n) is 1.93. The maximum atomic E-state index is 11.3. The van der Waals surface area contributed by atoms with Gasteiger partial charge in [0.15, 0.2) is 6.61 Å². The molecule has 0 spiro atoms. The molecule has 1 N–H and O–H groups in total. The van der Waals surface area contributed by atoms with E-state index in [1.165, 1.54) is 18.2 Å². The third kappa shape index (κ3) is 4.21. The fourth-order valence-corrected chi connectivity index (χ4v) is 1.46. The Balaban J connectivity index is 2.63. The Morgan fingerprint density at radius 2 is 2.22 bits per heavy atom. The van der Waals surface area contributed by atoms with Crippen LogP contribution in [0.25, 0.3) is 0 Å². The number of carbonyl (C=O) groups is 1. The summed E-state index contributed by atoms with van der Waals surface area (Å²) in [4.78, 5) is 21.3. The van der Waals surface area contributed by atoms with Gasteiger partial charge in [0, 0.05) is 18.2 Å². The second kappa shape index (κ2) is 6.20. The quantitative estimate of drug-likeness (QED) is 0.658. The van der Waals surface area contributed by atoms with Crippen molar-refractivity contribution in [2.24, 2.45) is 0 Å². The van der Waals surface area contributed by atoms with Gasteiger partial charge >= 0.3 is 0 Å². The molecule has 1 aromatic rings. The molecule has 0 saturated carbocycles. The van der Waals surface area contributed by atoms with Crippen LogP contribution in [0.1, 0.15) is 13.8 Å². The topological polar surface area (TPSA) is 81.5 Å². The minimum Gasteiger partial charge on any atom is -0.482 e. The Kier molecular flexibility index (Phi) is 4.91. The van der Waals surface area contributed by atoms with Crippen LogP contribution in [0.15, 0.2) is 18.2 Å². The van der Waals surface area contributed by atoms with Crippen molar-refractivity contribution in [3.8, 4) is 5.75 Å². The number of benzene rings is 1. The average Bonchev–Trinajstić information content (AvgIpc) is 2.26. The first-order valence-corrected chi connectivity index (χ1v) is 5.64. The second-order valence-electron chi connectivity index (χ2n) is 3.88. The van der Waals surface area contributed by atoms with Crippen molar-refractivity contribution in [2.45, 2.75) is 19.9 Å². The molecule has 6 nitrogen and oxygen atoms in total. The molecule has 0 aromatic heterocycles. The molecular weight excluding hydrogens is 260 g/mol. The molecule has 7 heteroatoms. The number of rotatable bonds is 5. The molecule has 0 bridgehead atoms. The number of nitrogens with one attached hydrogen (secondary N) is 1. The van der Waals surface area contributed by atoms with Crippen LogP contribution in [-0.2, 0) is 4.79 Å². The molecule has 0 aliphatic carbocycles. The molecule has 0 saturated heterocycles. The number of ether oxygens (including phenoxy) is 1. The number of halogens is 1. The number of hydrogen-bond acceptors (Lipinski definition) is 4. The molecule has 0 aliphatic heterocycles. The zero-order valence-corrected chi connectivity index (χ0v) is 10.7. The zero-order valence-electron chi connectivity index (χ0n) is 9.97. The predicted molar refractivity (Wildman–Crippen MR) is 66.9 cm³/mol. The first kappa shape index (κ1) is 14.2. The van der Waals surface area contributed by atoms with Crippen molar-refractivity contribution in [3.05, 3.63) is 33.3 Å². The van der Waals surface area contributed by atoms with Crippen LogP contribution >= 0.6 is 11.6 Å². The van der Waals surface area contributed by atoms with Gasteiger partial charge in [-0.3, -0.25) is 14.9 Å². The maximum absolute atomic E-state index is 11.3. The van der Waals surface area contributed by atoms with Crippen molar-refractivity contribution in [2.75, 3.05) is 6.61 Å². The van der Waals surface area contributed by atoms with Crippen LogP contribution in [0.4, 0.5) is 5.69 Å². The van der Waals surface area contributed by atoms with Gasteiger partial charge in [0.1, 0.15) is 5.75 Å². The number of amides is 1. The highest BCUT2D eigenvalue weighted by molar-refractivity contribution is 6.32. The Hall–Kier alpha value is -1.82. The predicted octanol–water partition coefficient (Wildman–Crippen LogP) is 2.15. The lowest BCUT2D eigenvalue weighted by molar-refractivity contribution is -0.384. The monoisotopic (exact) mass is 272 g/mol. The van der Waals surface area contributed by atoms with Crippen molar-refractivity contribution in [3.63, 3.8) is 0 Å². The summed E-state index contributed by atoms with van der Waals surface area (Å²) in [5.74, 6) is -0.0411. The molecule has 0 aliphatic rings. The van der Waals surface area contributed by atoms with Gasteiger partial charge in [-0.25, -0.2) is 0 Å².